The van der Waals surface area contributed by atoms with Crippen LogP contribution in [0.15, 0.2) is 24.3 Å². The third kappa shape index (κ3) is 3.91. The van der Waals surface area contributed by atoms with Crippen molar-refractivity contribution in [3.8, 4) is 11.1 Å². The Morgan fingerprint density at radius 1 is 0.550 bits per heavy atom. The van der Waals surface area contributed by atoms with E-state index in [1.807, 2.05) is 0 Å². The van der Waals surface area contributed by atoms with Crippen LogP contribution in [0.3, 0.4) is 0 Å². The molecule has 0 spiro atoms. The molecule has 0 unspecified atom stereocenters. The Morgan fingerprint density at radius 3 is 1.15 bits per heavy atom. The van der Waals surface area contributed by atoms with Crippen LogP contribution in [0.4, 0.5) is 11.4 Å². The van der Waals surface area contributed by atoms with Gasteiger partial charge in [-0.2, -0.15) is 0 Å². The molecule has 0 aliphatic carbocycles. The van der Waals surface area contributed by atoms with Crippen molar-refractivity contribution >= 4 is 82.6 Å². The molecule has 4 N–H and O–H groups in total. The number of nitrogen functional groups attached to an aromatic ring is 2. The first kappa shape index (κ1) is 19.8. The highest BCUT2D eigenvalue weighted by molar-refractivity contribution is 6.40. The van der Waals surface area contributed by atoms with Crippen LogP contribution in [0.1, 0.15) is 0 Å². The van der Waals surface area contributed by atoms with E-state index in [4.69, 9.17) is 57.9 Å². The largest absolute Gasteiger partial charge is 0.397 e. The number of halogens is 6. The molecule has 0 aliphatic heterocycles. The van der Waals surface area contributed by atoms with E-state index in [-0.39, 0.29) is 24.8 Å². The van der Waals surface area contributed by atoms with Crippen LogP contribution in [0, 0.1) is 0 Å². The van der Waals surface area contributed by atoms with Gasteiger partial charge in [0.2, 0.25) is 0 Å². The summed E-state index contributed by atoms with van der Waals surface area (Å²) in [6.45, 7) is 0. The fourth-order valence-corrected chi connectivity index (χ4v) is 2.41. The van der Waals surface area contributed by atoms with Crippen LogP contribution in [0.5, 0.6) is 0 Å². The maximum Gasteiger partial charge on any atom is 0.0642 e. The van der Waals surface area contributed by atoms with Crippen LogP contribution in [0.25, 0.3) is 11.1 Å². The second-order valence-corrected chi connectivity index (χ2v) is 5.34. The molecule has 2 aromatic rings. The molecular formula is C12H10Cl6N2. The summed E-state index contributed by atoms with van der Waals surface area (Å²) in [5.74, 6) is 0. The highest BCUT2D eigenvalue weighted by atomic mass is 35.5. The molecule has 2 rings (SSSR count). The summed E-state index contributed by atoms with van der Waals surface area (Å²) < 4.78 is 0. The predicted molar refractivity (Wildman–Crippen MR) is 95.2 cm³/mol. The first-order valence-corrected chi connectivity index (χ1v) is 6.40. The third-order valence-corrected chi connectivity index (χ3v) is 3.74. The lowest BCUT2D eigenvalue weighted by Gasteiger charge is -2.11. The van der Waals surface area contributed by atoms with Gasteiger partial charge < -0.3 is 11.5 Å². The molecular weight excluding hydrogens is 385 g/mol. The summed E-state index contributed by atoms with van der Waals surface area (Å²) in [4.78, 5) is 0. The van der Waals surface area contributed by atoms with Gasteiger partial charge >= 0.3 is 0 Å². The topological polar surface area (TPSA) is 52.0 Å². The van der Waals surface area contributed by atoms with Crippen molar-refractivity contribution in [2.45, 2.75) is 0 Å². The molecule has 2 aromatic carbocycles. The molecule has 2 nitrogen and oxygen atoms in total. The monoisotopic (exact) mass is 392 g/mol. The Morgan fingerprint density at radius 2 is 0.850 bits per heavy atom. The molecule has 0 amide bonds. The Bertz CT molecular complexity index is 574. The SMILES string of the molecule is Cl.Cl.Nc1cc(Cl)c(-c2cc(Cl)c(N)cc2Cl)cc1Cl. The Labute approximate surface area is 149 Å². The number of benzene rings is 2. The Balaban J connectivity index is 0.00000180. The lowest BCUT2D eigenvalue weighted by Crippen LogP contribution is -1.91. The molecule has 0 bridgehead atoms. The molecule has 0 saturated heterocycles. The first-order chi connectivity index (χ1) is 8.40. The van der Waals surface area contributed by atoms with Crippen molar-refractivity contribution in [1.29, 1.82) is 0 Å². The minimum absolute atomic E-state index is 0. The Hall–Kier alpha value is -0.220. The van der Waals surface area contributed by atoms with Crippen LogP contribution in [-0.4, -0.2) is 0 Å². The van der Waals surface area contributed by atoms with Gasteiger partial charge in [0.05, 0.1) is 31.5 Å². The van der Waals surface area contributed by atoms with E-state index >= 15 is 0 Å². The fraction of sp³-hybridized carbons (Fsp3) is 0. The summed E-state index contributed by atoms with van der Waals surface area (Å²) in [5, 5.41) is 1.69. The highest BCUT2D eigenvalue weighted by Gasteiger charge is 2.12. The molecule has 0 aromatic heterocycles. The van der Waals surface area contributed by atoms with Crippen LogP contribution >= 0.6 is 71.2 Å². The van der Waals surface area contributed by atoms with Crippen molar-refractivity contribution < 1.29 is 0 Å². The average Bonchev–Trinajstić information content (AvgIpc) is 2.29. The van der Waals surface area contributed by atoms with E-state index in [2.05, 4.69) is 0 Å². The van der Waals surface area contributed by atoms with Gasteiger partial charge in [-0.05, 0) is 24.3 Å². The number of nitrogens with two attached hydrogens (primary N) is 2. The van der Waals surface area contributed by atoms with Gasteiger partial charge in [0, 0.05) is 11.1 Å². The van der Waals surface area contributed by atoms with Crippen molar-refractivity contribution in [3.63, 3.8) is 0 Å². The van der Waals surface area contributed by atoms with E-state index < -0.39 is 0 Å². The summed E-state index contributed by atoms with van der Waals surface area (Å²) in [6.07, 6.45) is 0. The number of hydrogen-bond acceptors (Lipinski definition) is 2. The van der Waals surface area contributed by atoms with Crippen molar-refractivity contribution in [2.24, 2.45) is 0 Å². The highest BCUT2D eigenvalue weighted by Crippen LogP contribution is 2.40. The van der Waals surface area contributed by atoms with Gasteiger partial charge in [-0.3, -0.25) is 0 Å². The number of anilines is 2. The molecule has 0 radical (unpaired) electrons. The fourth-order valence-electron chi connectivity index (χ4n) is 1.54. The maximum atomic E-state index is 6.13. The van der Waals surface area contributed by atoms with Crippen LogP contribution in [0.2, 0.25) is 20.1 Å². The van der Waals surface area contributed by atoms with E-state index in [1.54, 1.807) is 24.3 Å². The first-order valence-electron chi connectivity index (χ1n) is 4.89. The van der Waals surface area contributed by atoms with Gasteiger partial charge in [-0.15, -0.1) is 24.8 Å². The zero-order valence-electron chi connectivity index (χ0n) is 9.79. The lowest BCUT2D eigenvalue weighted by molar-refractivity contribution is 1.60. The van der Waals surface area contributed by atoms with Crippen molar-refractivity contribution in [1.82, 2.24) is 0 Å². The van der Waals surface area contributed by atoms with Gasteiger partial charge in [0.15, 0.2) is 0 Å². The summed E-state index contributed by atoms with van der Waals surface area (Å²) in [5.41, 5.74) is 13.5. The molecule has 110 valence electrons. The second kappa shape index (κ2) is 7.69. The zero-order valence-corrected chi connectivity index (χ0v) is 14.4. The standard InChI is InChI=1S/C12H8Cl4N2.2ClH/c13-7-3-11(17)9(15)1-5(7)6-2-10(16)12(18)4-8(6)14;;/h1-4H,17-18H2;2*1H. The average molecular weight is 395 g/mol. The molecule has 0 fully saturated rings. The number of hydrogen-bond donors (Lipinski definition) is 2. The quantitative estimate of drug-likeness (QED) is 0.585. The molecule has 0 saturated carbocycles. The lowest BCUT2D eigenvalue weighted by atomic mass is 10.0. The molecule has 0 heterocycles. The van der Waals surface area contributed by atoms with E-state index in [0.717, 1.165) is 0 Å². The van der Waals surface area contributed by atoms with E-state index in [9.17, 15) is 0 Å². The molecule has 20 heavy (non-hydrogen) atoms. The number of rotatable bonds is 1. The minimum atomic E-state index is 0. The summed E-state index contributed by atoms with van der Waals surface area (Å²) in [6, 6.07) is 6.43. The van der Waals surface area contributed by atoms with Gasteiger partial charge in [0.25, 0.3) is 0 Å². The third-order valence-electron chi connectivity index (χ3n) is 2.46. The van der Waals surface area contributed by atoms with Crippen molar-refractivity contribution in [2.75, 3.05) is 11.5 Å². The van der Waals surface area contributed by atoms with E-state index in [1.165, 1.54) is 0 Å². The predicted octanol–water partition coefficient (Wildman–Crippen LogP) is 5.98. The molecule has 0 aliphatic rings. The zero-order chi connectivity index (χ0) is 13.4. The van der Waals surface area contributed by atoms with Gasteiger partial charge in [-0.1, -0.05) is 46.4 Å². The molecule has 8 heteroatoms. The minimum Gasteiger partial charge on any atom is -0.397 e. The smallest absolute Gasteiger partial charge is 0.0642 e. The van der Waals surface area contributed by atoms with Crippen LogP contribution < -0.4 is 11.5 Å². The summed E-state index contributed by atoms with van der Waals surface area (Å²) >= 11 is 24.2. The van der Waals surface area contributed by atoms with Gasteiger partial charge in [-0.25, -0.2) is 0 Å². The van der Waals surface area contributed by atoms with Gasteiger partial charge in [0.1, 0.15) is 0 Å². The maximum absolute atomic E-state index is 6.13. The Kier molecular flexibility index (Phi) is 7.61. The normalized spacial score (nSPS) is 9.60. The van der Waals surface area contributed by atoms with E-state index in [0.29, 0.717) is 42.6 Å². The van der Waals surface area contributed by atoms with Crippen molar-refractivity contribution in [3.05, 3.63) is 44.4 Å². The summed E-state index contributed by atoms with van der Waals surface area (Å²) in [7, 11) is 0. The molecule has 0 atom stereocenters. The second-order valence-electron chi connectivity index (χ2n) is 3.71. The van der Waals surface area contributed by atoms with Crippen LogP contribution in [-0.2, 0) is 0 Å².